The Bertz CT molecular complexity index is 1170. The summed E-state index contributed by atoms with van der Waals surface area (Å²) in [6, 6.07) is 1.38. The number of ether oxygens (including phenoxy) is 1. The molecule has 1 amide bonds. The summed E-state index contributed by atoms with van der Waals surface area (Å²) in [6.07, 6.45) is 0.0849. The molecule has 0 spiro atoms. The van der Waals surface area contributed by atoms with E-state index in [1.165, 1.54) is 19.1 Å². The molecule has 1 fully saturated rings. The van der Waals surface area contributed by atoms with Crippen molar-refractivity contribution in [2.75, 3.05) is 6.61 Å². The number of aromatic hydroxyl groups is 2. The summed E-state index contributed by atoms with van der Waals surface area (Å²) in [7, 11) is 0. The molecular formula is C20H21ClN2O10S. The summed E-state index contributed by atoms with van der Waals surface area (Å²) < 4.78 is 30.5. The van der Waals surface area contributed by atoms with E-state index in [1.54, 1.807) is 6.92 Å². The van der Waals surface area contributed by atoms with Crippen molar-refractivity contribution in [1.29, 1.82) is 0 Å². The van der Waals surface area contributed by atoms with Gasteiger partial charge in [0, 0.05) is 24.9 Å². The number of carboxylic acid groups (broad SMARTS) is 1. The maximum atomic E-state index is 12.3. The number of halogens is 1. The normalized spacial score (nSPS) is 19.1. The zero-order valence-electron chi connectivity index (χ0n) is 17.9. The number of carboxylic acids is 1. The molecule has 2 heterocycles. The van der Waals surface area contributed by atoms with Crippen molar-refractivity contribution in [2.45, 2.75) is 43.5 Å². The van der Waals surface area contributed by atoms with Gasteiger partial charge in [0.1, 0.15) is 21.2 Å². The summed E-state index contributed by atoms with van der Waals surface area (Å²) in [6.45, 7) is 2.58. The van der Waals surface area contributed by atoms with Crippen LogP contribution in [0.25, 0.3) is 0 Å². The smallest absolute Gasteiger partial charge is 0.339 e. The van der Waals surface area contributed by atoms with Crippen molar-refractivity contribution in [3.05, 3.63) is 40.2 Å². The second kappa shape index (κ2) is 9.60. The van der Waals surface area contributed by atoms with Crippen molar-refractivity contribution in [3.8, 4) is 11.5 Å². The molecule has 4 N–H and O–H groups in total. The number of phenolic OH excluding ortho intramolecular Hbond substituents is 2. The lowest BCUT2D eigenvalue weighted by Gasteiger charge is -2.46. The van der Waals surface area contributed by atoms with Crippen molar-refractivity contribution >= 4 is 40.5 Å². The largest absolute Gasteiger partial charge is 0.504 e. The van der Waals surface area contributed by atoms with Crippen LogP contribution in [0.3, 0.4) is 0 Å². The number of β-lactam (4-membered cyclic amide) rings is 1. The van der Waals surface area contributed by atoms with Crippen LogP contribution in [0.5, 0.6) is 11.5 Å². The molecule has 34 heavy (non-hydrogen) atoms. The fraction of sp³-hybridized carbons (Fsp3) is 0.400. The predicted octanol–water partition coefficient (Wildman–Crippen LogP) is 1.65. The van der Waals surface area contributed by atoms with Gasteiger partial charge in [0.2, 0.25) is 5.91 Å². The van der Waals surface area contributed by atoms with Crippen molar-refractivity contribution < 1.29 is 47.7 Å². The van der Waals surface area contributed by atoms with Crippen LogP contribution in [-0.2, 0) is 36.6 Å². The molecule has 4 atom stereocenters. The summed E-state index contributed by atoms with van der Waals surface area (Å²) >= 11 is 3.06. The summed E-state index contributed by atoms with van der Waals surface area (Å²) in [5.74, 6) is -3.89. The molecule has 14 heteroatoms. The predicted molar refractivity (Wildman–Crippen MR) is 116 cm³/mol. The molecule has 1 aliphatic heterocycles. The number of benzene rings is 1. The lowest BCUT2D eigenvalue weighted by atomic mass is 9.89. The molecule has 1 aromatic heterocycles. The summed E-state index contributed by atoms with van der Waals surface area (Å²) in [4.78, 5) is 37.3. The van der Waals surface area contributed by atoms with Gasteiger partial charge in [-0.3, -0.25) is 4.79 Å². The van der Waals surface area contributed by atoms with Crippen molar-refractivity contribution in [2.24, 2.45) is 0 Å². The number of amides is 1. The van der Waals surface area contributed by atoms with Crippen molar-refractivity contribution in [3.63, 3.8) is 0 Å². The topological polar surface area (TPSA) is 188 Å². The average Bonchev–Trinajstić information content (AvgIpc) is 3.24. The fourth-order valence-electron chi connectivity index (χ4n) is 3.63. The molecule has 1 saturated heterocycles. The Balaban J connectivity index is 1.75. The van der Waals surface area contributed by atoms with Gasteiger partial charge in [-0.25, -0.2) is 13.8 Å². The standard InChI is InChI=1S/C20H21ClN2O10S/c1-9-7-14(25)23(9)17(18(27)28)20(2,34(30)31)13-8-10(33-22-13)5-6-32-19(29)11-3-4-12(24)16(26)15(11)21/h3-4,8-9,17,24,26H,5-7H2,1-2H3,(H,27,28)(H,30,31)/t9-,17+,20+/m1/s1. The number of phenols is 2. The molecule has 184 valence electrons. The molecule has 0 radical (unpaired) electrons. The maximum absolute atomic E-state index is 12.3. The van der Waals surface area contributed by atoms with E-state index < -0.39 is 57.3 Å². The Morgan fingerprint density at radius 2 is 2.09 bits per heavy atom. The average molecular weight is 517 g/mol. The van der Waals surface area contributed by atoms with E-state index in [4.69, 9.17) is 20.9 Å². The van der Waals surface area contributed by atoms with E-state index >= 15 is 0 Å². The van der Waals surface area contributed by atoms with E-state index in [9.17, 15) is 38.5 Å². The van der Waals surface area contributed by atoms with E-state index in [-0.39, 0.29) is 41.5 Å². The first-order chi connectivity index (χ1) is 15.9. The van der Waals surface area contributed by atoms with Gasteiger partial charge >= 0.3 is 11.9 Å². The molecule has 0 saturated carbocycles. The number of carbonyl (C=O) groups is 3. The Morgan fingerprint density at radius 3 is 2.65 bits per heavy atom. The van der Waals surface area contributed by atoms with Crippen LogP contribution < -0.4 is 0 Å². The summed E-state index contributed by atoms with van der Waals surface area (Å²) in [5, 5.41) is 32.1. The molecule has 1 unspecified atom stereocenters. The number of carbonyl (C=O) groups excluding carboxylic acids is 2. The second-order valence-corrected chi connectivity index (χ2v) is 9.53. The van der Waals surface area contributed by atoms with Gasteiger partial charge in [0.15, 0.2) is 28.6 Å². The van der Waals surface area contributed by atoms with Crippen molar-refractivity contribution in [1.82, 2.24) is 10.1 Å². The van der Waals surface area contributed by atoms with Gasteiger partial charge in [-0.15, -0.1) is 0 Å². The lowest BCUT2D eigenvalue weighted by molar-refractivity contribution is -0.163. The van der Waals surface area contributed by atoms with E-state index in [1.807, 2.05) is 0 Å². The zero-order valence-corrected chi connectivity index (χ0v) is 19.5. The van der Waals surface area contributed by atoms with Gasteiger partial charge in [0.05, 0.1) is 12.2 Å². The number of aliphatic carboxylic acids is 1. The van der Waals surface area contributed by atoms with Gasteiger partial charge in [-0.05, 0) is 26.0 Å². The number of rotatable bonds is 9. The number of esters is 1. The first-order valence-corrected chi connectivity index (χ1v) is 11.4. The van der Waals surface area contributed by atoms with Crippen LogP contribution in [0.2, 0.25) is 5.02 Å². The summed E-state index contributed by atoms with van der Waals surface area (Å²) in [5.41, 5.74) is -0.350. The Labute approximate surface area is 200 Å². The third-order valence-electron chi connectivity index (χ3n) is 5.59. The third kappa shape index (κ3) is 4.45. The number of likely N-dealkylation sites (tertiary alicyclic amines) is 1. The van der Waals surface area contributed by atoms with Crippen LogP contribution in [0.1, 0.15) is 42.1 Å². The van der Waals surface area contributed by atoms with E-state index in [2.05, 4.69) is 5.16 Å². The first kappa shape index (κ1) is 25.5. The highest BCUT2D eigenvalue weighted by Gasteiger charge is 2.56. The first-order valence-electron chi connectivity index (χ1n) is 9.88. The lowest BCUT2D eigenvalue weighted by Crippen LogP contribution is -2.65. The minimum atomic E-state index is -2.76. The highest BCUT2D eigenvalue weighted by molar-refractivity contribution is 7.80. The molecular weight excluding hydrogens is 496 g/mol. The van der Waals surface area contributed by atoms with Crippen LogP contribution in [-0.4, -0.2) is 70.7 Å². The zero-order chi connectivity index (χ0) is 25.4. The van der Waals surface area contributed by atoms with Crippen LogP contribution >= 0.6 is 11.6 Å². The fourth-order valence-corrected chi connectivity index (χ4v) is 4.55. The monoisotopic (exact) mass is 516 g/mol. The maximum Gasteiger partial charge on any atom is 0.339 e. The molecule has 3 rings (SSSR count). The van der Waals surface area contributed by atoms with Gasteiger partial charge in [-0.2, -0.15) is 0 Å². The van der Waals surface area contributed by atoms with Gasteiger partial charge in [-0.1, -0.05) is 16.8 Å². The minimum absolute atomic E-state index is 0.0364. The number of aromatic nitrogens is 1. The molecule has 12 nitrogen and oxygen atoms in total. The highest BCUT2D eigenvalue weighted by atomic mass is 35.5. The Morgan fingerprint density at radius 1 is 1.41 bits per heavy atom. The molecule has 0 aliphatic carbocycles. The minimum Gasteiger partial charge on any atom is -0.504 e. The Hall–Kier alpha value is -3.16. The number of hydrogen-bond acceptors (Lipinski definition) is 9. The molecule has 0 bridgehead atoms. The molecule has 1 aliphatic rings. The van der Waals surface area contributed by atoms with Gasteiger partial charge < -0.3 is 34.0 Å². The SMILES string of the molecule is C[C@@H]1CC(=O)N1[C@@H](C(=O)O)[C@](C)(c1cc(CCOC(=O)c2ccc(O)c(O)c2Cl)on1)S(=O)O. The van der Waals surface area contributed by atoms with Crippen LogP contribution in [0.15, 0.2) is 22.7 Å². The van der Waals surface area contributed by atoms with Gasteiger partial charge in [0.25, 0.3) is 0 Å². The Kier molecular flexibility index (Phi) is 7.19. The number of hydrogen-bond donors (Lipinski definition) is 4. The quantitative estimate of drug-likeness (QED) is 0.164. The van der Waals surface area contributed by atoms with E-state index in [0.717, 1.165) is 11.0 Å². The molecule has 1 aromatic carbocycles. The van der Waals surface area contributed by atoms with Crippen LogP contribution in [0.4, 0.5) is 0 Å². The number of nitrogens with zero attached hydrogens (tertiary/aromatic N) is 2. The third-order valence-corrected chi connectivity index (χ3v) is 7.13. The van der Waals surface area contributed by atoms with Crippen LogP contribution in [0, 0.1) is 0 Å². The van der Waals surface area contributed by atoms with E-state index in [0.29, 0.717) is 0 Å². The second-order valence-electron chi connectivity index (χ2n) is 7.81. The molecule has 2 aromatic rings. The highest BCUT2D eigenvalue weighted by Crippen LogP contribution is 2.38.